The average Bonchev–Trinajstić information content (AvgIpc) is 3.03. The van der Waals surface area contributed by atoms with E-state index in [4.69, 9.17) is 0 Å². The fourth-order valence-corrected chi connectivity index (χ4v) is 3.24. The first-order valence-electron chi connectivity index (χ1n) is 8.79. The molecular weight excluding hydrogens is 395 g/mol. The summed E-state index contributed by atoms with van der Waals surface area (Å²) in [5, 5.41) is 2.57. The van der Waals surface area contributed by atoms with Crippen molar-refractivity contribution in [3.8, 4) is 0 Å². The summed E-state index contributed by atoms with van der Waals surface area (Å²) in [6.45, 7) is 1.42. The van der Waals surface area contributed by atoms with Gasteiger partial charge >= 0.3 is 6.18 Å². The number of nitrogens with one attached hydrogen (secondary N) is 1. The number of nitrogens with zero attached hydrogens (tertiary/aromatic N) is 1. The SMILES string of the molecule is C[C@@H](NC(=O)[C@@H]1CC(=O)N(c2cccc(C(F)(F)F)c2)C1)c1ccc(F)cc1F. The van der Waals surface area contributed by atoms with Crippen molar-refractivity contribution in [2.24, 2.45) is 5.92 Å². The summed E-state index contributed by atoms with van der Waals surface area (Å²) in [4.78, 5) is 25.9. The molecule has 29 heavy (non-hydrogen) atoms. The van der Waals surface area contributed by atoms with Crippen LogP contribution in [0.15, 0.2) is 42.5 Å². The lowest BCUT2D eigenvalue weighted by Crippen LogP contribution is -2.35. The molecule has 3 rings (SSSR count). The minimum Gasteiger partial charge on any atom is -0.349 e. The van der Waals surface area contributed by atoms with E-state index in [9.17, 15) is 31.5 Å². The molecule has 2 amide bonds. The molecule has 0 bridgehead atoms. The first kappa shape index (κ1) is 20.8. The predicted octanol–water partition coefficient (Wildman–Crippen LogP) is 4.21. The normalized spacial score (nSPS) is 18.1. The van der Waals surface area contributed by atoms with Gasteiger partial charge in [-0.3, -0.25) is 9.59 Å². The minimum atomic E-state index is -4.55. The molecule has 0 unspecified atom stereocenters. The van der Waals surface area contributed by atoms with Gasteiger partial charge in [-0.15, -0.1) is 0 Å². The van der Waals surface area contributed by atoms with E-state index in [1.54, 1.807) is 0 Å². The summed E-state index contributed by atoms with van der Waals surface area (Å²) in [7, 11) is 0. The Labute approximate surface area is 163 Å². The summed E-state index contributed by atoms with van der Waals surface area (Å²) in [6.07, 6.45) is -4.73. The number of benzene rings is 2. The summed E-state index contributed by atoms with van der Waals surface area (Å²) in [6, 6.07) is 6.51. The Morgan fingerprint density at radius 2 is 1.90 bits per heavy atom. The second-order valence-electron chi connectivity index (χ2n) is 6.85. The minimum absolute atomic E-state index is 0.0535. The Morgan fingerprint density at radius 3 is 2.55 bits per heavy atom. The standard InChI is InChI=1S/C20H17F5N2O2/c1-11(16-6-5-14(21)9-17(16)22)26-19(29)12-7-18(28)27(10-12)15-4-2-3-13(8-15)20(23,24)25/h2-6,8-9,11-12H,7,10H2,1H3,(H,26,29)/t11-,12-/m1/s1. The largest absolute Gasteiger partial charge is 0.416 e. The number of anilines is 1. The zero-order valence-corrected chi connectivity index (χ0v) is 15.3. The third-order valence-electron chi connectivity index (χ3n) is 4.77. The fraction of sp³-hybridized carbons (Fsp3) is 0.300. The van der Waals surface area contributed by atoms with Crippen molar-refractivity contribution in [3.05, 3.63) is 65.2 Å². The highest BCUT2D eigenvalue weighted by atomic mass is 19.4. The van der Waals surface area contributed by atoms with Crippen molar-refractivity contribution >= 4 is 17.5 Å². The number of amides is 2. The van der Waals surface area contributed by atoms with E-state index in [0.29, 0.717) is 6.07 Å². The van der Waals surface area contributed by atoms with Crippen LogP contribution in [0.2, 0.25) is 0 Å². The van der Waals surface area contributed by atoms with Gasteiger partial charge in [-0.1, -0.05) is 12.1 Å². The molecule has 1 N–H and O–H groups in total. The van der Waals surface area contributed by atoms with Crippen LogP contribution in [0.1, 0.15) is 30.5 Å². The molecule has 0 spiro atoms. The Morgan fingerprint density at radius 1 is 1.17 bits per heavy atom. The molecule has 2 atom stereocenters. The van der Waals surface area contributed by atoms with E-state index < -0.39 is 47.1 Å². The van der Waals surface area contributed by atoms with Crippen LogP contribution < -0.4 is 10.2 Å². The molecule has 154 valence electrons. The molecule has 4 nitrogen and oxygen atoms in total. The van der Waals surface area contributed by atoms with Gasteiger partial charge in [0, 0.05) is 30.3 Å². The maximum absolute atomic E-state index is 13.9. The van der Waals surface area contributed by atoms with Gasteiger partial charge in [0.1, 0.15) is 11.6 Å². The molecule has 0 saturated carbocycles. The van der Waals surface area contributed by atoms with Crippen molar-refractivity contribution in [3.63, 3.8) is 0 Å². The zero-order chi connectivity index (χ0) is 21.3. The molecular formula is C20H17F5N2O2. The van der Waals surface area contributed by atoms with Crippen molar-refractivity contribution in [1.82, 2.24) is 5.32 Å². The lowest BCUT2D eigenvalue weighted by atomic mass is 10.0. The molecule has 0 aliphatic carbocycles. The van der Waals surface area contributed by atoms with Crippen LogP contribution in [0, 0.1) is 17.6 Å². The highest BCUT2D eigenvalue weighted by Gasteiger charge is 2.37. The summed E-state index contributed by atoms with van der Waals surface area (Å²) in [5.41, 5.74) is -0.757. The van der Waals surface area contributed by atoms with E-state index in [-0.39, 0.29) is 24.2 Å². The number of rotatable bonds is 4. The molecule has 1 fully saturated rings. The number of alkyl halides is 3. The van der Waals surface area contributed by atoms with E-state index in [2.05, 4.69) is 5.32 Å². The van der Waals surface area contributed by atoms with Gasteiger partial charge in [0.2, 0.25) is 11.8 Å². The van der Waals surface area contributed by atoms with Crippen LogP contribution in [-0.4, -0.2) is 18.4 Å². The van der Waals surface area contributed by atoms with Gasteiger partial charge in [-0.05, 0) is 31.2 Å². The van der Waals surface area contributed by atoms with Gasteiger partial charge in [-0.2, -0.15) is 13.2 Å². The van der Waals surface area contributed by atoms with E-state index >= 15 is 0 Å². The number of carbonyl (C=O) groups excluding carboxylic acids is 2. The molecule has 1 saturated heterocycles. The highest BCUT2D eigenvalue weighted by Crippen LogP contribution is 2.33. The zero-order valence-electron chi connectivity index (χ0n) is 15.3. The molecule has 2 aromatic rings. The topological polar surface area (TPSA) is 49.4 Å². The summed E-state index contributed by atoms with van der Waals surface area (Å²) in [5.74, 6) is -3.38. The highest BCUT2D eigenvalue weighted by molar-refractivity contribution is 6.00. The number of halogens is 5. The molecule has 1 aliphatic rings. The van der Waals surface area contributed by atoms with E-state index in [1.165, 1.54) is 25.1 Å². The molecule has 1 heterocycles. The van der Waals surface area contributed by atoms with Crippen LogP contribution in [0.25, 0.3) is 0 Å². The van der Waals surface area contributed by atoms with Gasteiger partial charge in [0.25, 0.3) is 0 Å². The Bertz CT molecular complexity index is 945. The second-order valence-corrected chi connectivity index (χ2v) is 6.85. The summed E-state index contributed by atoms with van der Waals surface area (Å²) >= 11 is 0. The van der Waals surface area contributed by atoms with Gasteiger partial charge in [-0.25, -0.2) is 8.78 Å². The Hall–Kier alpha value is -2.97. The molecule has 0 aromatic heterocycles. The molecule has 9 heteroatoms. The summed E-state index contributed by atoms with van der Waals surface area (Å²) < 4.78 is 65.6. The fourth-order valence-electron chi connectivity index (χ4n) is 3.24. The number of carbonyl (C=O) groups is 2. The molecule has 1 aliphatic heterocycles. The van der Waals surface area contributed by atoms with Crippen molar-refractivity contribution < 1.29 is 31.5 Å². The van der Waals surface area contributed by atoms with Crippen LogP contribution in [0.5, 0.6) is 0 Å². The quantitative estimate of drug-likeness (QED) is 0.765. The van der Waals surface area contributed by atoms with Gasteiger partial charge < -0.3 is 10.2 Å². The Kier molecular flexibility index (Phi) is 5.59. The van der Waals surface area contributed by atoms with Crippen molar-refractivity contribution in [2.45, 2.75) is 25.6 Å². The first-order chi connectivity index (χ1) is 13.6. The lowest BCUT2D eigenvalue weighted by molar-refractivity contribution is -0.137. The monoisotopic (exact) mass is 412 g/mol. The van der Waals surface area contributed by atoms with Crippen LogP contribution in [0.4, 0.5) is 27.6 Å². The van der Waals surface area contributed by atoms with Crippen molar-refractivity contribution in [2.75, 3.05) is 11.4 Å². The molecule has 2 aromatic carbocycles. The maximum atomic E-state index is 13.9. The van der Waals surface area contributed by atoms with Crippen LogP contribution in [0.3, 0.4) is 0 Å². The first-order valence-corrected chi connectivity index (χ1v) is 8.79. The maximum Gasteiger partial charge on any atom is 0.416 e. The second kappa shape index (κ2) is 7.81. The number of hydrogen-bond acceptors (Lipinski definition) is 2. The smallest absolute Gasteiger partial charge is 0.349 e. The number of hydrogen-bond donors (Lipinski definition) is 1. The predicted molar refractivity (Wildman–Crippen MR) is 94.8 cm³/mol. The van der Waals surface area contributed by atoms with Gasteiger partial charge in [0.05, 0.1) is 17.5 Å². The average molecular weight is 412 g/mol. The third-order valence-corrected chi connectivity index (χ3v) is 4.77. The molecule has 0 radical (unpaired) electrons. The van der Waals surface area contributed by atoms with Crippen LogP contribution >= 0.6 is 0 Å². The van der Waals surface area contributed by atoms with E-state index in [1.807, 2.05) is 0 Å². The van der Waals surface area contributed by atoms with Gasteiger partial charge in [0.15, 0.2) is 0 Å². The third kappa shape index (κ3) is 4.55. The van der Waals surface area contributed by atoms with Crippen LogP contribution in [-0.2, 0) is 15.8 Å². The van der Waals surface area contributed by atoms with Crippen molar-refractivity contribution in [1.29, 1.82) is 0 Å². The Balaban J connectivity index is 1.70. The lowest BCUT2D eigenvalue weighted by Gasteiger charge is -2.20. The van der Waals surface area contributed by atoms with E-state index in [0.717, 1.165) is 23.1 Å².